The van der Waals surface area contributed by atoms with Gasteiger partial charge in [0.05, 0.1) is 5.02 Å². The maximum Gasteiger partial charge on any atom is 0.262 e. The van der Waals surface area contributed by atoms with Crippen molar-refractivity contribution in [2.24, 2.45) is 0 Å². The van der Waals surface area contributed by atoms with E-state index in [0.717, 1.165) is 13.0 Å². The van der Waals surface area contributed by atoms with Gasteiger partial charge in [-0.05, 0) is 37.3 Å². The predicted molar refractivity (Wildman–Crippen MR) is 67.3 cm³/mol. The van der Waals surface area contributed by atoms with E-state index in [2.05, 4.69) is 10.6 Å². The second-order valence-corrected chi connectivity index (χ2v) is 5.26. The molecule has 0 aromatic carbocycles. The van der Waals surface area contributed by atoms with Crippen LogP contribution in [0.3, 0.4) is 0 Å². The fraction of sp³-hybridized carbons (Fsp3) is 0.545. The fourth-order valence-electron chi connectivity index (χ4n) is 1.90. The molecule has 1 aliphatic rings. The van der Waals surface area contributed by atoms with Crippen molar-refractivity contribution in [1.82, 2.24) is 10.6 Å². The fourth-order valence-corrected chi connectivity index (χ4v) is 2.96. The zero-order chi connectivity index (χ0) is 11.4. The summed E-state index contributed by atoms with van der Waals surface area (Å²) in [5.41, 5.74) is 0. The van der Waals surface area contributed by atoms with Gasteiger partial charge in [0, 0.05) is 12.6 Å². The van der Waals surface area contributed by atoms with Crippen molar-refractivity contribution in [3.8, 4) is 0 Å². The lowest BCUT2D eigenvalue weighted by Crippen LogP contribution is -2.30. The van der Waals surface area contributed by atoms with Gasteiger partial charge >= 0.3 is 0 Å². The molecule has 0 aliphatic carbocycles. The molecule has 2 rings (SSSR count). The first-order valence-electron chi connectivity index (χ1n) is 5.52. The van der Waals surface area contributed by atoms with Crippen LogP contribution in [0.1, 0.15) is 28.9 Å². The molecule has 88 valence electrons. The van der Waals surface area contributed by atoms with E-state index in [0.29, 0.717) is 22.5 Å². The molecule has 1 saturated heterocycles. The van der Waals surface area contributed by atoms with Crippen LogP contribution in [-0.4, -0.2) is 25.0 Å². The van der Waals surface area contributed by atoms with Crippen LogP contribution in [0, 0.1) is 0 Å². The van der Waals surface area contributed by atoms with Gasteiger partial charge in [0.25, 0.3) is 5.91 Å². The Balaban J connectivity index is 1.73. The largest absolute Gasteiger partial charge is 0.351 e. The minimum atomic E-state index is -0.0574. The molecule has 1 aromatic rings. The van der Waals surface area contributed by atoms with Crippen LogP contribution in [0.4, 0.5) is 0 Å². The topological polar surface area (TPSA) is 41.1 Å². The molecule has 2 N–H and O–H groups in total. The third kappa shape index (κ3) is 2.97. The zero-order valence-electron chi connectivity index (χ0n) is 8.96. The van der Waals surface area contributed by atoms with Crippen molar-refractivity contribution < 1.29 is 4.79 Å². The van der Waals surface area contributed by atoms with E-state index in [4.69, 9.17) is 11.6 Å². The first kappa shape index (κ1) is 11.9. The molecule has 16 heavy (non-hydrogen) atoms. The van der Waals surface area contributed by atoms with Gasteiger partial charge in [0.1, 0.15) is 4.88 Å². The zero-order valence-corrected chi connectivity index (χ0v) is 10.5. The molecule has 2 heterocycles. The van der Waals surface area contributed by atoms with Crippen molar-refractivity contribution in [3.63, 3.8) is 0 Å². The molecule has 0 saturated carbocycles. The van der Waals surface area contributed by atoms with E-state index in [1.807, 2.05) is 5.38 Å². The highest BCUT2D eigenvalue weighted by Gasteiger charge is 2.15. The van der Waals surface area contributed by atoms with Gasteiger partial charge < -0.3 is 10.6 Å². The van der Waals surface area contributed by atoms with Gasteiger partial charge in [-0.25, -0.2) is 0 Å². The second-order valence-electron chi connectivity index (χ2n) is 3.94. The van der Waals surface area contributed by atoms with Gasteiger partial charge in [0.2, 0.25) is 0 Å². The molecular weight excluding hydrogens is 244 g/mol. The minimum Gasteiger partial charge on any atom is -0.351 e. The van der Waals surface area contributed by atoms with Gasteiger partial charge in [-0.2, -0.15) is 0 Å². The number of hydrogen-bond acceptors (Lipinski definition) is 3. The Morgan fingerprint density at radius 3 is 3.19 bits per heavy atom. The molecule has 0 spiro atoms. The summed E-state index contributed by atoms with van der Waals surface area (Å²) in [4.78, 5) is 12.3. The maximum atomic E-state index is 11.7. The molecule has 0 unspecified atom stereocenters. The van der Waals surface area contributed by atoms with Gasteiger partial charge in [-0.15, -0.1) is 11.3 Å². The lowest BCUT2D eigenvalue weighted by atomic mass is 10.1. The van der Waals surface area contributed by atoms with Crippen molar-refractivity contribution in [2.75, 3.05) is 13.1 Å². The Morgan fingerprint density at radius 2 is 2.56 bits per heavy atom. The summed E-state index contributed by atoms with van der Waals surface area (Å²) in [6.07, 6.45) is 3.46. The summed E-state index contributed by atoms with van der Waals surface area (Å²) in [6, 6.07) is 2.32. The van der Waals surface area contributed by atoms with Crippen LogP contribution >= 0.6 is 22.9 Å². The third-order valence-corrected chi connectivity index (χ3v) is 4.10. The summed E-state index contributed by atoms with van der Waals surface area (Å²) in [6.45, 7) is 1.82. The quantitative estimate of drug-likeness (QED) is 0.870. The number of hydrogen-bond donors (Lipinski definition) is 2. The van der Waals surface area contributed by atoms with Crippen LogP contribution in [0.2, 0.25) is 5.02 Å². The number of thiophene rings is 1. The van der Waals surface area contributed by atoms with Crippen LogP contribution in [0.25, 0.3) is 0 Å². The highest BCUT2D eigenvalue weighted by atomic mass is 35.5. The van der Waals surface area contributed by atoms with Crippen LogP contribution in [0.5, 0.6) is 0 Å². The molecule has 3 nitrogen and oxygen atoms in total. The average Bonchev–Trinajstić information content (AvgIpc) is 2.88. The molecule has 1 amide bonds. The number of halogens is 1. The molecule has 1 aliphatic heterocycles. The molecule has 5 heteroatoms. The molecule has 1 fully saturated rings. The predicted octanol–water partition coefficient (Wildman–Crippen LogP) is 2.27. The molecule has 0 radical (unpaired) electrons. The van der Waals surface area contributed by atoms with Crippen molar-refractivity contribution in [1.29, 1.82) is 0 Å². The summed E-state index contributed by atoms with van der Waals surface area (Å²) >= 11 is 7.26. The summed E-state index contributed by atoms with van der Waals surface area (Å²) < 4.78 is 0. The second kappa shape index (κ2) is 5.66. The number of carbonyl (C=O) groups is 1. The van der Waals surface area contributed by atoms with Crippen LogP contribution in [0.15, 0.2) is 11.4 Å². The molecule has 1 atom stereocenters. The maximum absolute atomic E-state index is 11.7. The summed E-state index contributed by atoms with van der Waals surface area (Å²) in [5.74, 6) is -0.0574. The van der Waals surface area contributed by atoms with Crippen LogP contribution < -0.4 is 10.6 Å². The standard InChI is InChI=1S/C11H15ClN2OS/c12-9-4-7-16-10(9)11(15)14-6-3-8-2-1-5-13-8/h4,7-8,13H,1-3,5-6H2,(H,14,15)/t8-/m0/s1. The normalized spacial score (nSPS) is 19.9. The monoisotopic (exact) mass is 258 g/mol. The number of amides is 1. The Bertz CT molecular complexity index is 361. The van der Waals surface area contributed by atoms with Crippen molar-refractivity contribution >= 4 is 28.8 Å². The number of rotatable bonds is 4. The van der Waals surface area contributed by atoms with Crippen molar-refractivity contribution in [3.05, 3.63) is 21.3 Å². The lowest BCUT2D eigenvalue weighted by molar-refractivity contribution is 0.0956. The summed E-state index contributed by atoms with van der Waals surface area (Å²) in [7, 11) is 0. The first-order valence-corrected chi connectivity index (χ1v) is 6.77. The molecular formula is C11H15ClN2OS. The van der Waals surface area contributed by atoms with E-state index in [1.165, 1.54) is 24.2 Å². The minimum absolute atomic E-state index is 0.0574. The lowest BCUT2D eigenvalue weighted by Gasteiger charge is -2.10. The van der Waals surface area contributed by atoms with E-state index in [-0.39, 0.29) is 5.91 Å². The van der Waals surface area contributed by atoms with E-state index >= 15 is 0 Å². The summed E-state index contributed by atoms with van der Waals surface area (Å²) in [5, 5.41) is 8.67. The van der Waals surface area contributed by atoms with Crippen LogP contribution in [-0.2, 0) is 0 Å². The van der Waals surface area contributed by atoms with Crippen molar-refractivity contribution in [2.45, 2.75) is 25.3 Å². The smallest absolute Gasteiger partial charge is 0.262 e. The molecule has 0 bridgehead atoms. The SMILES string of the molecule is O=C(NCC[C@@H]1CCCN1)c1sccc1Cl. The average molecular weight is 259 g/mol. The van der Waals surface area contributed by atoms with E-state index in [9.17, 15) is 4.79 Å². The van der Waals surface area contributed by atoms with E-state index < -0.39 is 0 Å². The third-order valence-electron chi connectivity index (χ3n) is 2.76. The Kier molecular flexibility index (Phi) is 4.21. The van der Waals surface area contributed by atoms with E-state index in [1.54, 1.807) is 6.07 Å². The van der Waals surface area contributed by atoms with Gasteiger partial charge in [-0.1, -0.05) is 11.6 Å². The van der Waals surface area contributed by atoms with Gasteiger partial charge in [0.15, 0.2) is 0 Å². The Labute approximate surface area is 104 Å². The van der Waals surface area contributed by atoms with Gasteiger partial charge in [-0.3, -0.25) is 4.79 Å². The highest BCUT2D eigenvalue weighted by Crippen LogP contribution is 2.21. The molecule has 1 aromatic heterocycles. The highest BCUT2D eigenvalue weighted by molar-refractivity contribution is 7.12. The number of nitrogens with one attached hydrogen (secondary N) is 2. The first-order chi connectivity index (χ1) is 7.77. The Hall–Kier alpha value is -0.580. The number of carbonyl (C=O) groups excluding carboxylic acids is 1. The Morgan fingerprint density at radius 1 is 1.69 bits per heavy atom.